The maximum atomic E-state index is 12.0. The van der Waals surface area contributed by atoms with Crippen LogP contribution in [0, 0.1) is 0 Å². The van der Waals surface area contributed by atoms with Crippen LogP contribution in [0.4, 0.5) is 5.82 Å². The van der Waals surface area contributed by atoms with Crippen LogP contribution in [-0.2, 0) is 0 Å². The van der Waals surface area contributed by atoms with Gasteiger partial charge in [-0.15, -0.1) is 11.3 Å². The lowest BCUT2D eigenvalue weighted by atomic mass is 10.2. The Hall–Kier alpha value is -2.90. The molecule has 0 aliphatic carbocycles. The van der Waals surface area contributed by atoms with E-state index in [0.717, 1.165) is 5.39 Å². The summed E-state index contributed by atoms with van der Waals surface area (Å²) in [5, 5.41) is 9.46. The first-order valence-electron chi connectivity index (χ1n) is 8.27. The third kappa shape index (κ3) is 3.94. The molecule has 0 aliphatic heterocycles. The van der Waals surface area contributed by atoms with Crippen LogP contribution in [0.3, 0.4) is 0 Å². The van der Waals surface area contributed by atoms with Crippen LogP contribution in [0.2, 0.25) is 5.02 Å². The minimum Gasteiger partial charge on any atom is -0.461 e. The van der Waals surface area contributed by atoms with Gasteiger partial charge in [-0.05, 0) is 41.8 Å². The van der Waals surface area contributed by atoms with Crippen LogP contribution in [-0.4, -0.2) is 29.0 Å². The summed E-state index contributed by atoms with van der Waals surface area (Å²) in [5.74, 6) is 1.63. The number of amides is 1. The number of thiophene rings is 1. The van der Waals surface area contributed by atoms with Gasteiger partial charge in [0.05, 0.1) is 16.7 Å². The summed E-state index contributed by atoms with van der Waals surface area (Å²) in [6, 6.07) is 12.7. The van der Waals surface area contributed by atoms with Gasteiger partial charge in [0, 0.05) is 23.5 Å². The Labute approximate surface area is 164 Å². The van der Waals surface area contributed by atoms with Gasteiger partial charge >= 0.3 is 0 Å². The molecule has 0 bridgehead atoms. The number of hydrogen-bond acceptors (Lipinski definition) is 6. The molecule has 4 aromatic rings. The van der Waals surface area contributed by atoms with Crippen molar-refractivity contribution >= 4 is 45.6 Å². The Bertz CT molecular complexity index is 1060. The standard InChI is InChI=1S/C19H15ClN4O2S/c20-12-5-6-13-14(11-12)23-18(15-3-1-9-26-15)24-17(13)21-7-8-22-19(25)16-4-2-10-27-16/h1-6,9-11H,7-8H2,(H,22,25)(H,21,23,24). The zero-order valence-corrected chi connectivity index (χ0v) is 15.7. The number of fused-ring (bicyclic) bond motifs is 1. The molecule has 0 atom stereocenters. The molecule has 3 heterocycles. The van der Waals surface area contributed by atoms with E-state index in [9.17, 15) is 4.79 Å². The number of furan rings is 1. The van der Waals surface area contributed by atoms with Gasteiger partial charge in [0.15, 0.2) is 11.6 Å². The van der Waals surface area contributed by atoms with Gasteiger partial charge in [-0.3, -0.25) is 4.79 Å². The third-order valence-corrected chi connectivity index (χ3v) is 4.95. The second-order valence-electron chi connectivity index (χ2n) is 5.69. The monoisotopic (exact) mass is 398 g/mol. The predicted octanol–water partition coefficient (Wildman–Crippen LogP) is 4.45. The minimum absolute atomic E-state index is 0.0811. The van der Waals surface area contributed by atoms with Crippen molar-refractivity contribution in [1.82, 2.24) is 15.3 Å². The number of carbonyl (C=O) groups excluding carboxylic acids is 1. The van der Waals surface area contributed by atoms with Crippen LogP contribution in [0.25, 0.3) is 22.5 Å². The summed E-state index contributed by atoms with van der Waals surface area (Å²) in [4.78, 5) is 21.8. The summed E-state index contributed by atoms with van der Waals surface area (Å²) in [5.41, 5.74) is 0.717. The lowest BCUT2D eigenvalue weighted by molar-refractivity contribution is 0.0959. The van der Waals surface area contributed by atoms with E-state index in [0.29, 0.717) is 45.9 Å². The number of nitrogens with one attached hydrogen (secondary N) is 2. The van der Waals surface area contributed by atoms with Gasteiger partial charge in [0.1, 0.15) is 5.82 Å². The van der Waals surface area contributed by atoms with Gasteiger partial charge < -0.3 is 15.1 Å². The second-order valence-corrected chi connectivity index (χ2v) is 7.08. The summed E-state index contributed by atoms with van der Waals surface area (Å²) < 4.78 is 5.41. The largest absolute Gasteiger partial charge is 0.461 e. The molecule has 27 heavy (non-hydrogen) atoms. The predicted molar refractivity (Wildman–Crippen MR) is 107 cm³/mol. The molecule has 136 valence electrons. The normalized spacial score (nSPS) is 10.9. The molecule has 2 N–H and O–H groups in total. The van der Waals surface area contributed by atoms with E-state index in [-0.39, 0.29) is 5.91 Å². The van der Waals surface area contributed by atoms with Crippen molar-refractivity contribution < 1.29 is 9.21 Å². The number of nitrogens with zero attached hydrogens (tertiary/aromatic N) is 2. The third-order valence-electron chi connectivity index (χ3n) is 3.85. The minimum atomic E-state index is -0.0811. The van der Waals surface area contributed by atoms with E-state index >= 15 is 0 Å². The highest BCUT2D eigenvalue weighted by molar-refractivity contribution is 7.12. The number of aromatic nitrogens is 2. The van der Waals surface area contributed by atoms with Gasteiger partial charge in [0.25, 0.3) is 5.91 Å². The van der Waals surface area contributed by atoms with Crippen molar-refractivity contribution in [2.45, 2.75) is 0 Å². The highest BCUT2D eigenvalue weighted by Gasteiger charge is 2.12. The molecule has 1 aromatic carbocycles. The first kappa shape index (κ1) is 17.5. The Morgan fingerprint density at radius 2 is 2.07 bits per heavy atom. The number of carbonyl (C=O) groups is 1. The van der Waals surface area contributed by atoms with E-state index in [1.54, 1.807) is 36.6 Å². The second kappa shape index (κ2) is 7.77. The van der Waals surface area contributed by atoms with Crippen LogP contribution in [0.1, 0.15) is 9.67 Å². The molecule has 8 heteroatoms. The van der Waals surface area contributed by atoms with Gasteiger partial charge in [-0.2, -0.15) is 0 Å². The molecule has 0 saturated carbocycles. The highest BCUT2D eigenvalue weighted by atomic mass is 35.5. The molecule has 3 aromatic heterocycles. The van der Waals surface area contributed by atoms with Crippen LogP contribution < -0.4 is 10.6 Å². The summed E-state index contributed by atoms with van der Waals surface area (Å²) in [6.07, 6.45) is 1.58. The van der Waals surface area contributed by atoms with Crippen LogP contribution in [0.15, 0.2) is 58.5 Å². The molecule has 4 rings (SSSR count). The number of benzene rings is 1. The summed E-state index contributed by atoms with van der Waals surface area (Å²) >= 11 is 7.52. The summed E-state index contributed by atoms with van der Waals surface area (Å²) in [7, 11) is 0. The molecule has 6 nitrogen and oxygen atoms in total. The molecule has 0 fully saturated rings. The molecule has 0 spiro atoms. The quantitative estimate of drug-likeness (QED) is 0.469. The highest BCUT2D eigenvalue weighted by Crippen LogP contribution is 2.27. The lowest BCUT2D eigenvalue weighted by Crippen LogP contribution is -2.28. The van der Waals surface area contributed by atoms with Crippen LogP contribution >= 0.6 is 22.9 Å². The van der Waals surface area contributed by atoms with Gasteiger partial charge in [0.2, 0.25) is 0 Å². The maximum absolute atomic E-state index is 12.0. The van der Waals surface area contributed by atoms with Crippen LogP contribution in [0.5, 0.6) is 0 Å². The maximum Gasteiger partial charge on any atom is 0.261 e. The molecule has 0 saturated heterocycles. The number of rotatable bonds is 6. The molecular weight excluding hydrogens is 384 g/mol. The summed E-state index contributed by atoms with van der Waals surface area (Å²) in [6.45, 7) is 0.982. The molecule has 1 amide bonds. The topological polar surface area (TPSA) is 80.0 Å². The Morgan fingerprint density at radius 1 is 1.15 bits per heavy atom. The van der Waals surface area contributed by atoms with Crippen molar-refractivity contribution in [2.24, 2.45) is 0 Å². The van der Waals surface area contributed by atoms with E-state index in [1.807, 2.05) is 17.5 Å². The van der Waals surface area contributed by atoms with Crippen molar-refractivity contribution in [2.75, 3.05) is 18.4 Å². The zero-order chi connectivity index (χ0) is 18.6. The van der Waals surface area contributed by atoms with Crippen molar-refractivity contribution in [3.05, 3.63) is 64.0 Å². The zero-order valence-electron chi connectivity index (χ0n) is 14.1. The fourth-order valence-electron chi connectivity index (χ4n) is 2.61. The van der Waals surface area contributed by atoms with Crippen molar-refractivity contribution in [1.29, 1.82) is 0 Å². The molecule has 0 radical (unpaired) electrons. The Kier molecular flexibility index (Phi) is 5.04. The molecule has 0 unspecified atom stereocenters. The lowest BCUT2D eigenvalue weighted by Gasteiger charge is -2.11. The molecular formula is C19H15ClN4O2S. The number of anilines is 1. The van der Waals surface area contributed by atoms with E-state index in [1.165, 1.54) is 11.3 Å². The van der Waals surface area contributed by atoms with Gasteiger partial charge in [-0.1, -0.05) is 17.7 Å². The smallest absolute Gasteiger partial charge is 0.261 e. The van der Waals surface area contributed by atoms with E-state index < -0.39 is 0 Å². The van der Waals surface area contributed by atoms with E-state index in [2.05, 4.69) is 20.6 Å². The number of halogens is 1. The average Bonchev–Trinajstić information content (AvgIpc) is 3.38. The average molecular weight is 399 g/mol. The Morgan fingerprint density at radius 3 is 2.85 bits per heavy atom. The van der Waals surface area contributed by atoms with Gasteiger partial charge in [-0.25, -0.2) is 9.97 Å². The van der Waals surface area contributed by atoms with Crippen molar-refractivity contribution in [3.8, 4) is 11.6 Å². The SMILES string of the molecule is O=C(NCCNc1nc(-c2ccco2)nc2cc(Cl)ccc12)c1cccs1. The first-order chi connectivity index (χ1) is 13.2. The fraction of sp³-hybridized carbons (Fsp3) is 0.105. The number of hydrogen-bond donors (Lipinski definition) is 2. The Balaban J connectivity index is 1.52. The first-order valence-corrected chi connectivity index (χ1v) is 9.53. The molecule has 0 aliphatic rings. The van der Waals surface area contributed by atoms with Crippen molar-refractivity contribution in [3.63, 3.8) is 0 Å². The van der Waals surface area contributed by atoms with E-state index in [4.69, 9.17) is 16.0 Å². The fourth-order valence-corrected chi connectivity index (χ4v) is 3.41.